The highest BCUT2D eigenvalue weighted by Crippen LogP contribution is 2.34. The van der Waals surface area contributed by atoms with E-state index in [0.29, 0.717) is 5.56 Å². The molecule has 2 heterocycles. The predicted molar refractivity (Wildman–Crippen MR) is 132 cm³/mol. The number of aromatic nitrogens is 1. The average Bonchev–Trinajstić information content (AvgIpc) is 2.77. The summed E-state index contributed by atoms with van der Waals surface area (Å²) in [5, 5.41) is 3.29. The molecule has 0 aliphatic carbocycles. The molecule has 0 radical (unpaired) electrons. The highest BCUT2D eigenvalue weighted by molar-refractivity contribution is 5.81. The molecule has 0 unspecified atom stereocenters. The third-order valence-corrected chi connectivity index (χ3v) is 5.98. The van der Waals surface area contributed by atoms with Gasteiger partial charge < -0.3 is 20.9 Å². The number of rotatable bonds is 6. The number of nitrogen functional groups attached to an aromatic ring is 1. The predicted octanol–water partition coefficient (Wildman–Crippen LogP) is 4.25. The number of benzene rings is 2. The molecule has 3 aromatic rings. The first kappa shape index (κ1) is 21.8. The van der Waals surface area contributed by atoms with E-state index < -0.39 is 5.95 Å². The van der Waals surface area contributed by atoms with Crippen LogP contribution in [-0.4, -0.2) is 50.7 Å². The topological polar surface area (TPSA) is 57.4 Å². The number of nitrogens with two attached hydrogens (primary N) is 1. The Morgan fingerprint density at radius 2 is 1.69 bits per heavy atom. The molecule has 0 spiro atoms. The van der Waals surface area contributed by atoms with Crippen molar-refractivity contribution in [2.75, 3.05) is 51.4 Å². The summed E-state index contributed by atoms with van der Waals surface area (Å²) in [7, 11) is 6.17. The van der Waals surface area contributed by atoms with Crippen LogP contribution in [0.25, 0.3) is 28.0 Å². The van der Waals surface area contributed by atoms with E-state index in [9.17, 15) is 4.39 Å². The van der Waals surface area contributed by atoms with E-state index in [2.05, 4.69) is 53.9 Å². The summed E-state index contributed by atoms with van der Waals surface area (Å²) in [5.74, 6) is -0.366. The minimum atomic E-state index is -0.560. The molecule has 1 aliphatic heterocycles. The van der Waals surface area contributed by atoms with Gasteiger partial charge in [-0.1, -0.05) is 36.9 Å². The van der Waals surface area contributed by atoms with Crippen LogP contribution in [0.15, 0.2) is 55.1 Å². The standard InChI is InChI=1S/C26H30FN5/c1-17-22-10-7-19(15-20(22)11-12-29-17)24-16-23(25(27)30-26(24)28)18-5-8-21(9-6-18)32(4)14-13-31(2)3/h5-10,15-16,29H,1,11-14H2,2-4H3,(H2,28,30). The second kappa shape index (κ2) is 9.01. The maximum atomic E-state index is 14.8. The summed E-state index contributed by atoms with van der Waals surface area (Å²) >= 11 is 0. The van der Waals surface area contributed by atoms with Crippen LogP contribution < -0.4 is 16.0 Å². The van der Waals surface area contributed by atoms with Crippen molar-refractivity contribution in [2.24, 2.45) is 0 Å². The van der Waals surface area contributed by atoms with Gasteiger partial charge in [0.2, 0.25) is 5.95 Å². The van der Waals surface area contributed by atoms with Crippen molar-refractivity contribution in [3.63, 3.8) is 0 Å². The molecule has 2 aromatic carbocycles. The minimum absolute atomic E-state index is 0.194. The van der Waals surface area contributed by atoms with Crippen LogP contribution in [0.4, 0.5) is 15.9 Å². The monoisotopic (exact) mass is 431 g/mol. The Morgan fingerprint density at radius 1 is 0.969 bits per heavy atom. The first-order valence-electron chi connectivity index (χ1n) is 10.8. The maximum absolute atomic E-state index is 14.8. The summed E-state index contributed by atoms with van der Waals surface area (Å²) in [5.41, 5.74) is 13.4. The lowest BCUT2D eigenvalue weighted by Crippen LogP contribution is -2.28. The smallest absolute Gasteiger partial charge is 0.222 e. The number of likely N-dealkylation sites (N-methyl/N-ethyl adjacent to an activating group) is 2. The summed E-state index contributed by atoms with van der Waals surface area (Å²) in [4.78, 5) is 8.36. The second-order valence-corrected chi connectivity index (χ2v) is 8.56. The number of hydrogen-bond acceptors (Lipinski definition) is 5. The lowest BCUT2D eigenvalue weighted by atomic mass is 9.93. The van der Waals surface area contributed by atoms with Crippen molar-refractivity contribution >= 4 is 17.2 Å². The van der Waals surface area contributed by atoms with Crippen molar-refractivity contribution in [1.29, 1.82) is 0 Å². The number of pyridine rings is 1. The third kappa shape index (κ3) is 4.46. The van der Waals surface area contributed by atoms with Gasteiger partial charge in [0.25, 0.3) is 0 Å². The van der Waals surface area contributed by atoms with Crippen molar-refractivity contribution in [3.05, 3.63) is 72.2 Å². The Morgan fingerprint density at radius 3 is 2.41 bits per heavy atom. The first-order valence-corrected chi connectivity index (χ1v) is 10.8. The summed E-state index contributed by atoms with van der Waals surface area (Å²) in [6.45, 7) is 6.80. The van der Waals surface area contributed by atoms with Gasteiger partial charge in [-0.25, -0.2) is 4.98 Å². The molecule has 0 saturated carbocycles. The first-order chi connectivity index (χ1) is 15.3. The largest absolute Gasteiger partial charge is 0.385 e. The zero-order valence-corrected chi connectivity index (χ0v) is 19.0. The van der Waals surface area contributed by atoms with E-state index >= 15 is 0 Å². The number of hydrogen-bond donors (Lipinski definition) is 2. The fourth-order valence-electron chi connectivity index (χ4n) is 4.02. The Kier molecular flexibility index (Phi) is 6.15. The number of anilines is 2. The van der Waals surface area contributed by atoms with Crippen LogP contribution in [0, 0.1) is 5.95 Å². The Bertz CT molecular complexity index is 1140. The van der Waals surface area contributed by atoms with Crippen molar-refractivity contribution < 1.29 is 4.39 Å². The lowest BCUT2D eigenvalue weighted by molar-refractivity contribution is 0.416. The molecule has 0 fully saturated rings. The Hall–Kier alpha value is -3.38. The van der Waals surface area contributed by atoms with Crippen molar-refractivity contribution in [1.82, 2.24) is 15.2 Å². The highest BCUT2D eigenvalue weighted by atomic mass is 19.1. The van der Waals surface area contributed by atoms with Crippen molar-refractivity contribution in [2.45, 2.75) is 6.42 Å². The summed E-state index contributed by atoms with van der Waals surface area (Å²) in [6.07, 6.45) is 0.909. The molecule has 5 nitrogen and oxygen atoms in total. The number of nitrogens with one attached hydrogen (secondary N) is 1. The molecule has 0 saturated heterocycles. The van der Waals surface area contributed by atoms with Gasteiger partial charge in [-0.05, 0) is 55.4 Å². The van der Waals surface area contributed by atoms with E-state index in [1.807, 2.05) is 36.4 Å². The molecule has 166 valence electrons. The SMILES string of the molecule is C=C1NCCc2cc(-c3cc(-c4ccc(N(C)CCN(C)C)cc4)c(F)nc3N)ccc21. The molecule has 3 N–H and O–H groups in total. The molecule has 1 aliphatic rings. The van der Waals surface area contributed by atoms with Gasteiger partial charge in [0, 0.05) is 54.8 Å². The van der Waals surface area contributed by atoms with Crippen LogP contribution in [0.3, 0.4) is 0 Å². The van der Waals surface area contributed by atoms with Crippen LogP contribution in [0.2, 0.25) is 0 Å². The van der Waals surface area contributed by atoms with Crippen LogP contribution in [0.5, 0.6) is 0 Å². The quantitative estimate of drug-likeness (QED) is 0.572. The minimum Gasteiger partial charge on any atom is -0.385 e. The van der Waals surface area contributed by atoms with Gasteiger partial charge in [-0.15, -0.1) is 0 Å². The van der Waals surface area contributed by atoms with Crippen LogP contribution in [0.1, 0.15) is 11.1 Å². The summed E-state index contributed by atoms with van der Waals surface area (Å²) < 4.78 is 14.8. The molecule has 0 bridgehead atoms. The van der Waals surface area contributed by atoms with E-state index in [1.165, 1.54) is 5.56 Å². The maximum Gasteiger partial charge on any atom is 0.222 e. The fourth-order valence-corrected chi connectivity index (χ4v) is 4.02. The van der Waals surface area contributed by atoms with E-state index in [4.69, 9.17) is 5.73 Å². The molecular weight excluding hydrogens is 401 g/mol. The fraction of sp³-hybridized carbons (Fsp3) is 0.269. The third-order valence-electron chi connectivity index (χ3n) is 5.98. The normalized spacial score (nSPS) is 13.1. The Balaban J connectivity index is 1.65. The number of halogens is 1. The molecule has 0 atom stereocenters. The molecule has 6 heteroatoms. The van der Waals surface area contributed by atoms with Gasteiger partial charge in [0.05, 0.1) is 0 Å². The second-order valence-electron chi connectivity index (χ2n) is 8.56. The van der Waals surface area contributed by atoms with Crippen molar-refractivity contribution in [3.8, 4) is 22.3 Å². The molecular formula is C26H30FN5. The summed E-state index contributed by atoms with van der Waals surface area (Å²) in [6, 6.07) is 15.8. The highest BCUT2D eigenvalue weighted by Gasteiger charge is 2.17. The Labute approximate surface area is 189 Å². The molecule has 0 amide bonds. The van der Waals surface area contributed by atoms with Gasteiger partial charge in [-0.2, -0.15) is 4.39 Å². The molecule has 1 aromatic heterocycles. The zero-order valence-electron chi connectivity index (χ0n) is 19.0. The molecule has 32 heavy (non-hydrogen) atoms. The zero-order chi connectivity index (χ0) is 22.8. The average molecular weight is 432 g/mol. The van der Waals surface area contributed by atoms with E-state index in [0.717, 1.165) is 59.7 Å². The van der Waals surface area contributed by atoms with Gasteiger partial charge in [0.1, 0.15) is 5.82 Å². The lowest BCUT2D eigenvalue weighted by Gasteiger charge is -2.22. The number of fused-ring (bicyclic) bond motifs is 1. The van der Waals surface area contributed by atoms with E-state index in [1.54, 1.807) is 6.07 Å². The van der Waals surface area contributed by atoms with Crippen LogP contribution in [-0.2, 0) is 6.42 Å². The van der Waals surface area contributed by atoms with Gasteiger partial charge in [-0.3, -0.25) is 0 Å². The van der Waals surface area contributed by atoms with Gasteiger partial charge in [0.15, 0.2) is 0 Å². The van der Waals surface area contributed by atoms with Crippen LogP contribution >= 0.6 is 0 Å². The van der Waals surface area contributed by atoms with Gasteiger partial charge >= 0.3 is 0 Å². The van der Waals surface area contributed by atoms with E-state index in [-0.39, 0.29) is 5.82 Å². The molecule has 4 rings (SSSR count). The number of nitrogens with zero attached hydrogens (tertiary/aromatic N) is 3.